The molecule has 1 fully saturated rings. The number of carbonyl (C=O) groups is 7. The number of likely N-dealkylation sites (tertiary alicyclic amines) is 1. The number of amides is 6. The summed E-state index contributed by atoms with van der Waals surface area (Å²) in [4.78, 5) is 101. The van der Waals surface area contributed by atoms with E-state index in [1.807, 2.05) is 0 Å². The first-order valence-corrected chi connectivity index (χ1v) is 23.0. The number of guanidine groups is 1. The zero-order valence-corrected chi connectivity index (χ0v) is 39.4. The molecule has 4 rings (SSSR count). The van der Waals surface area contributed by atoms with E-state index in [-0.39, 0.29) is 87.2 Å². The van der Waals surface area contributed by atoms with Crippen molar-refractivity contribution in [2.45, 2.75) is 121 Å². The van der Waals surface area contributed by atoms with Crippen molar-refractivity contribution in [1.29, 1.82) is 0 Å². The van der Waals surface area contributed by atoms with E-state index in [1.165, 1.54) is 48.2 Å². The van der Waals surface area contributed by atoms with Gasteiger partial charge < -0.3 is 74.2 Å². The summed E-state index contributed by atoms with van der Waals surface area (Å²) in [6.45, 7) is 4.90. The van der Waals surface area contributed by atoms with Crippen LogP contribution < -0.4 is 43.8 Å². The van der Waals surface area contributed by atoms with Crippen LogP contribution in [0.4, 0.5) is 0 Å². The molecule has 1 saturated heterocycles. The van der Waals surface area contributed by atoms with Gasteiger partial charge in [0.2, 0.25) is 35.4 Å². The molecule has 3 aromatic rings. The number of benzene rings is 3. The van der Waals surface area contributed by atoms with E-state index in [9.17, 15) is 59.1 Å². The molecule has 0 aliphatic carbocycles. The number of carboxylic acid groups (broad SMARTS) is 1. The molecule has 1 heterocycles. The average Bonchev–Trinajstić information content (AvgIpc) is 3.80. The van der Waals surface area contributed by atoms with Crippen LogP contribution in [0.15, 0.2) is 77.8 Å². The summed E-state index contributed by atoms with van der Waals surface area (Å²) in [5.41, 5.74) is 19.0. The molecule has 0 aromatic heterocycles. The van der Waals surface area contributed by atoms with Gasteiger partial charge in [-0.25, -0.2) is 4.79 Å². The molecule has 16 N–H and O–H groups in total. The quantitative estimate of drug-likeness (QED) is 0.0279. The number of aliphatic imine (C=N–C) groups is 1. The van der Waals surface area contributed by atoms with Crippen molar-refractivity contribution < 1.29 is 59.1 Å². The van der Waals surface area contributed by atoms with E-state index in [2.05, 4.69) is 31.6 Å². The number of carbonyl (C=O) groups excluding carboxylic acids is 6. The van der Waals surface area contributed by atoms with Gasteiger partial charge in [-0.2, -0.15) is 0 Å². The molecular weight excluding hydrogens is 909 g/mol. The smallest absolute Gasteiger partial charge is 0.328 e. The minimum Gasteiger partial charge on any atom is -0.508 e. The van der Waals surface area contributed by atoms with Crippen LogP contribution in [0.3, 0.4) is 0 Å². The minimum absolute atomic E-state index is 0.0200. The Labute approximate surface area is 405 Å². The number of nitrogens with one attached hydrogen (secondary N) is 5. The van der Waals surface area contributed by atoms with Crippen LogP contribution in [0.5, 0.6) is 17.2 Å². The molecule has 3 aromatic carbocycles. The molecule has 22 heteroatoms. The van der Waals surface area contributed by atoms with Gasteiger partial charge in [0, 0.05) is 25.9 Å². The highest BCUT2D eigenvalue weighted by atomic mass is 16.4. The van der Waals surface area contributed by atoms with Crippen molar-refractivity contribution in [3.05, 3.63) is 89.5 Å². The van der Waals surface area contributed by atoms with E-state index < -0.39 is 89.8 Å². The van der Waals surface area contributed by atoms with Crippen LogP contribution in [0, 0.1) is 5.92 Å². The second-order valence-corrected chi connectivity index (χ2v) is 17.8. The number of aliphatic carboxylic acids is 1. The monoisotopic (exact) mass is 974 g/mol. The Morgan fingerprint density at radius 1 is 0.657 bits per heavy atom. The number of nitrogens with zero attached hydrogens (tertiary/aromatic N) is 2. The normalized spacial score (nSPS) is 16.3. The summed E-state index contributed by atoms with van der Waals surface area (Å²) < 4.78 is 0. The third-order valence-corrected chi connectivity index (χ3v) is 11.5. The molecule has 70 heavy (non-hydrogen) atoms. The van der Waals surface area contributed by atoms with Gasteiger partial charge in [-0.15, -0.1) is 0 Å². The second-order valence-electron chi connectivity index (χ2n) is 17.8. The molecule has 8 atom stereocenters. The first-order valence-electron chi connectivity index (χ1n) is 23.0. The molecule has 0 radical (unpaired) electrons. The maximum Gasteiger partial charge on any atom is 0.328 e. The maximum atomic E-state index is 14.7. The Balaban J connectivity index is 1.63. The van der Waals surface area contributed by atoms with Crippen molar-refractivity contribution in [2.24, 2.45) is 28.1 Å². The lowest BCUT2D eigenvalue weighted by molar-refractivity contribution is -0.145. The summed E-state index contributed by atoms with van der Waals surface area (Å²) in [5.74, 6) is -6.51. The number of phenolic OH excluding ortho intramolecular Hbond substituents is 3. The number of hydrogen-bond donors (Lipinski definition) is 13. The number of carboxylic acids is 1. The van der Waals surface area contributed by atoms with Crippen LogP contribution in [0.1, 0.15) is 69.6 Å². The van der Waals surface area contributed by atoms with Gasteiger partial charge in [0.05, 0.1) is 12.1 Å². The van der Waals surface area contributed by atoms with Crippen molar-refractivity contribution in [1.82, 2.24) is 31.5 Å². The van der Waals surface area contributed by atoms with Gasteiger partial charge in [0.1, 0.15) is 47.5 Å². The fourth-order valence-electron chi connectivity index (χ4n) is 7.84. The summed E-state index contributed by atoms with van der Waals surface area (Å²) in [6.07, 6.45) is -0.929. The lowest BCUT2D eigenvalue weighted by atomic mass is 10.0. The SMILES string of the molecule is CC(C)C[C@H](NC(=O)[C@@H]1CCCN1C(=O)[C@H](Cc1ccc(O)cc1)NC(=O)[C@H](CCCN=C(N)N)NC(=O)[C@H](Cc1ccc(O)cc1)NC(=O)[C@@H](N)Cc1ccc(O)cc1)C(=O)N[C@H](C(=O)O)[C@@H](C)O. The van der Waals surface area contributed by atoms with Crippen LogP contribution >= 0.6 is 0 Å². The number of phenols is 3. The Morgan fingerprint density at radius 2 is 1.13 bits per heavy atom. The minimum atomic E-state index is -1.65. The summed E-state index contributed by atoms with van der Waals surface area (Å²) in [6, 6.07) is 8.63. The van der Waals surface area contributed by atoms with Crippen molar-refractivity contribution in [2.75, 3.05) is 13.1 Å². The zero-order valence-electron chi connectivity index (χ0n) is 39.4. The molecule has 0 spiro atoms. The highest BCUT2D eigenvalue weighted by Gasteiger charge is 2.40. The van der Waals surface area contributed by atoms with E-state index in [0.717, 1.165) is 0 Å². The maximum absolute atomic E-state index is 14.7. The van der Waals surface area contributed by atoms with Crippen LogP contribution in [0.2, 0.25) is 0 Å². The summed E-state index contributed by atoms with van der Waals surface area (Å²) >= 11 is 0. The van der Waals surface area contributed by atoms with Gasteiger partial charge in [0.25, 0.3) is 0 Å². The van der Waals surface area contributed by atoms with E-state index in [1.54, 1.807) is 50.2 Å². The first-order chi connectivity index (χ1) is 33.1. The molecule has 6 amide bonds. The number of aromatic hydroxyl groups is 3. The summed E-state index contributed by atoms with van der Waals surface area (Å²) in [7, 11) is 0. The zero-order chi connectivity index (χ0) is 51.7. The highest BCUT2D eigenvalue weighted by Crippen LogP contribution is 2.22. The lowest BCUT2D eigenvalue weighted by Crippen LogP contribution is -2.60. The summed E-state index contributed by atoms with van der Waals surface area (Å²) in [5, 5.41) is 62.2. The molecule has 0 bridgehead atoms. The van der Waals surface area contributed by atoms with Crippen LogP contribution in [-0.4, -0.2) is 139 Å². The third-order valence-electron chi connectivity index (χ3n) is 11.5. The molecule has 380 valence electrons. The fraction of sp³-hybridized carbons (Fsp3) is 0.458. The van der Waals surface area contributed by atoms with Gasteiger partial charge in [-0.05, 0) is 104 Å². The molecule has 0 saturated carbocycles. The fourth-order valence-corrected chi connectivity index (χ4v) is 7.84. The van der Waals surface area contributed by atoms with E-state index >= 15 is 0 Å². The van der Waals surface area contributed by atoms with Gasteiger partial charge in [-0.1, -0.05) is 50.2 Å². The van der Waals surface area contributed by atoms with Gasteiger partial charge in [0.15, 0.2) is 12.0 Å². The molecule has 22 nitrogen and oxygen atoms in total. The number of hydrogen-bond acceptors (Lipinski definition) is 13. The third kappa shape index (κ3) is 17.3. The van der Waals surface area contributed by atoms with Crippen molar-refractivity contribution in [3.63, 3.8) is 0 Å². The standard InChI is InChI=1S/C48H66N10O12/c1-26(2)22-36(44(66)57-40(27(3)59)47(69)70)55-45(67)39-7-5-21-58(39)46(68)38(25-30-12-18-33(62)19-13-30)56-42(64)35(6-4-20-52-48(50)51)53-43(65)37(24-29-10-16-32(61)17-11-29)54-41(63)34(49)23-28-8-14-31(60)15-9-28/h8-19,26-27,34-40,59-62H,4-7,20-25,49H2,1-3H3,(H,53,65)(H,54,63)(H,55,67)(H,56,64)(H,57,66)(H,69,70)(H4,50,51,52)/t27-,34+,35+,36+,37+,38+,39+,40+/m1/s1. The van der Waals surface area contributed by atoms with Crippen molar-refractivity contribution in [3.8, 4) is 17.2 Å². The highest BCUT2D eigenvalue weighted by molar-refractivity contribution is 5.97. The Hall–Kier alpha value is -7.46. The van der Waals surface area contributed by atoms with Crippen LogP contribution in [-0.2, 0) is 52.8 Å². The molecule has 1 aliphatic rings. The second kappa shape index (κ2) is 26.3. The number of nitrogens with two attached hydrogens (primary N) is 3. The number of aliphatic hydroxyl groups excluding tert-OH is 1. The number of aliphatic hydroxyl groups is 1. The predicted octanol–water partition coefficient (Wildman–Crippen LogP) is -0.861. The van der Waals surface area contributed by atoms with E-state index in [4.69, 9.17) is 17.2 Å². The van der Waals surface area contributed by atoms with Crippen LogP contribution in [0.25, 0.3) is 0 Å². The Morgan fingerprint density at radius 3 is 1.63 bits per heavy atom. The van der Waals surface area contributed by atoms with Gasteiger partial charge in [-0.3, -0.25) is 33.8 Å². The van der Waals surface area contributed by atoms with Gasteiger partial charge >= 0.3 is 5.97 Å². The predicted molar refractivity (Wildman–Crippen MR) is 256 cm³/mol. The first kappa shape index (κ1) is 55.1. The average molecular weight is 975 g/mol. The molecular formula is C48H66N10O12. The molecule has 1 aliphatic heterocycles. The van der Waals surface area contributed by atoms with Crippen molar-refractivity contribution >= 4 is 47.4 Å². The molecule has 0 unspecified atom stereocenters. The Bertz CT molecular complexity index is 2290. The number of rotatable bonds is 25. The largest absolute Gasteiger partial charge is 0.508 e. The van der Waals surface area contributed by atoms with E-state index in [0.29, 0.717) is 23.1 Å². The lowest BCUT2D eigenvalue weighted by Gasteiger charge is -2.31. The topological polar surface area (TPSA) is 374 Å². The Kier molecular flexibility index (Phi) is 20.7.